The minimum absolute atomic E-state index is 0.337. The van der Waals surface area contributed by atoms with Crippen molar-refractivity contribution in [1.29, 1.82) is 0 Å². The van der Waals surface area contributed by atoms with E-state index in [0.29, 0.717) is 6.61 Å². The molecule has 2 atom stereocenters. The Morgan fingerprint density at radius 1 is 1.31 bits per heavy atom. The third-order valence-corrected chi connectivity index (χ3v) is 3.14. The Labute approximate surface area is 81.7 Å². The molecule has 78 valence electrons. The summed E-state index contributed by atoms with van der Waals surface area (Å²) in [5.41, 5.74) is 0. The minimum atomic E-state index is 0.337. The van der Waals surface area contributed by atoms with Crippen LogP contribution >= 0.6 is 0 Å². The third kappa shape index (κ3) is 4.10. The molecule has 1 rings (SSSR count). The maximum Gasteiger partial charge on any atom is 0.0431 e. The Balaban J connectivity index is 1.97. The van der Waals surface area contributed by atoms with Crippen molar-refractivity contribution in [3.8, 4) is 0 Å². The number of nitrogens with one attached hydrogen (secondary N) is 1. The molecule has 1 fully saturated rings. The predicted molar refractivity (Wildman–Crippen MR) is 55.7 cm³/mol. The van der Waals surface area contributed by atoms with Crippen LogP contribution in [0.15, 0.2) is 0 Å². The van der Waals surface area contributed by atoms with Gasteiger partial charge in [-0.1, -0.05) is 13.3 Å². The highest BCUT2D eigenvalue weighted by Gasteiger charge is 2.22. The zero-order valence-electron chi connectivity index (χ0n) is 8.76. The molecular weight excluding hydrogens is 162 g/mol. The van der Waals surface area contributed by atoms with E-state index in [-0.39, 0.29) is 0 Å². The molecule has 2 unspecified atom stereocenters. The first-order valence-corrected chi connectivity index (χ1v) is 5.71. The van der Waals surface area contributed by atoms with Crippen LogP contribution in [0, 0.1) is 5.92 Å². The van der Waals surface area contributed by atoms with Crippen molar-refractivity contribution in [2.45, 2.75) is 51.5 Å². The first kappa shape index (κ1) is 11.0. The van der Waals surface area contributed by atoms with Crippen LogP contribution in [0.3, 0.4) is 0 Å². The number of aliphatic hydroxyl groups is 1. The molecular formula is C11H23NO. The molecule has 0 saturated heterocycles. The Kier molecular flexibility index (Phi) is 5.40. The molecule has 1 aliphatic rings. The number of rotatable bonds is 6. The van der Waals surface area contributed by atoms with Crippen LogP contribution in [-0.2, 0) is 0 Å². The summed E-state index contributed by atoms with van der Waals surface area (Å²) in [4.78, 5) is 0. The normalized spacial score (nSPS) is 28.2. The van der Waals surface area contributed by atoms with Gasteiger partial charge in [0.25, 0.3) is 0 Å². The van der Waals surface area contributed by atoms with Gasteiger partial charge >= 0.3 is 0 Å². The van der Waals surface area contributed by atoms with Crippen molar-refractivity contribution < 1.29 is 5.11 Å². The molecule has 13 heavy (non-hydrogen) atoms. The van der Waals surface area contributed by atoms with Gasteiger partial charge in [0.05, 0.1) is 0 Å². The highest BCUT2D eigenvalue weighted by Crippen LogP contribution is 2.27. The molecule has 0 aromatic carbocycles. The van der Waals surface area contributed by atoms with E-state index in [4.69, 9.17) is 5.11 Å². The van der Waals surface area contributed by atoms with E-state index >= 15 is 0 Å². The lowest BCUT2D eigenvalue weighted by Crippen LogP contribution is -2.27. The van der Waals surface area contributed by atoms with Crippen LogP contribution in [0.25, 0.3) is 0 Å². The zero-order valence-corrected chi connectivity index (χ0v) is 8.76. The van der Waals surface area contributed by atoms with Gasteiger partial charge in [0, 0.05) is 12.6 Å². The van der Waals surface area contributed by atoms with Gasteiger partial charge in [-0.3, -0.25) is 0 Å². The molecule has 2 heteroatoms. The minimum Gasteiger partial charge on any atom is -0.396 e. The number of hydrogen-bond acceptors (Lipinski definition) is 2. The Hall–Kier alpha value is -0.0800. The maximum atomic E-state index is 8.61. The molecule has 2 N–H and O–H groups in total. The Bertz CT molecular complexity index is 127. The van der Waals surface area contributed by atoms with Gasteiger partial charge in [-0.15, -0.1) is 0 Å². The van der Waals surface area contributed by atoms with Crippen molar-refractivity contribution in [3.05, 3.63) is 0 Å². The van der Waals surface area contributed by atoms with Gasteiger partial charge in [0.1, 0.15) is 0 Å². The van der Waals surface area contributed by atoms with E-state index < -0.39 is 0 Å². The molecule has 0 aromatic heterocycles. The van der Waals surface area contributed by atoms with Gasteiger partial charge in [0.2, 0.25) is 0 Å². The number of unbranched alkanes of at least 4 members (excludes halogenated alkanes) is 1. The lowest BCUT2D eigenvalue weighted by Gasteiger charge is -2.12. The monoisotopic (exact) mass is 185 g/mol. The van der Waals surface area contributed by atoms with E-state index in [1.807, 2.05) is 0 Å². The van der Waals surface area contributed by atoms with Crippen LogP contribution in [-0.4, -0.2) is 24.3 Å². The third-order valence-electron chi connectivity index (χ3n) is 3.14. The predicted octanol–water partition coefficient (Wildman–Crippen LogP) is 1.93. The fourth-order valence-electron chi connectivity index (χ4n) is 2.17. The summed E-state index contributed by atoms with van der Waals surface area (Å²) in [5.74, 6) is 0.968. The molecule has 0 aliphatic heterocycles. The second-order valence-electron chi connectivity index (χ2n) is 4.17. The van der Waals surface area contributed by atoms with Gasteiger partial charge < -0.3 is 10.4 Å². The summed E-state index contributed by atoms with van der Waals surface area (Å²) in [6.07, 6.45) is 7.54. The summed E-state index contributed by atoms with van der Waals surface area (Å²) in [6.45, 7) is 3.71. The molecule has 0 heterocycles. The zero-order chi connectivity index (χ0) is 9.52. The van der Waals surface area contributed by atoms with E-state index in [2.05, 4.69) is 12.2 Å². The first-order chi connectivity index (χ1) is 6.36. The maximum absolute atomic E-state index is 8.61. The van der Waals surface area contributed by atoms with Gasteiger partial charge in [-0.25, -0.2) is 0 Å². The lowest BCUT2D eigenvalue weighted by atomic mass is 10.1. The highest BCUT2D eigenvalue weighted by atomic mass is 16.2. The molecule has 0 spiro atoms. The molecule has 0 aromatic rings. The molecule has 0 radical (unpaired) electrons. The highest BCUT2D eigenvalue weighted by molar-refractivity contribution is 4.79. The van der Waals surface area contributed by atoms with Crippen LogP contribution in [0.5, 0.6) is 0 Å². The first-order valence-electron chi connectivity index (χ1n) is 5.71. The second kappa shape index (κ2) is 6.39. The SMILES string of the molecule is CCC1CCC(NCCCCO)C1. The molecule has 1 aliphatic carbocycles. The molecule has 2 nitrogen and oxygen atoms in total. The Morgan fingerprint density at radius 3 is 2.77 bits per heavy atom. The van der Waals surface area contributed by atoms with E-state index in [0.717, 1.165) is 31.3 Å². The molecule has 0 amide bonds. The average Bonchev–Trinajstić information content (AvgIpc) is 2.60. The summed E-state index contributed by atoms with van der Waals surface area (Å²) in [6, 6.07) is 0.767. The van der Waals surface area contributed by atoms with Crippen molar-refractivity contribution >= 4 is 0 Å². The van der Waals surface area contributed by atoms with E-state index in [9.17, 15) is 0 Å². The van der Waals surface area contributed by atoms with Gasteiger partial charge in [0.15, 0.2) is 0 Å². The number of hydrogen-bond donors (Lipinski definition) is 2. The lowest BCUT2D eigenvalue weighted by molar-refractivity contribution is 0.282. The van der Waals surface area contributed by atoms with Crippen LogP contribution < -0.4 is 5.32 Å². The van der Waals surface area contributed by atoms with Gasteiger partial charge in [-0.05, 0) is 44.6 Å². The second-order valence-corrected chi connectivity index (χ2v) is 4.17. The molecule has 1 saturated carbocycles. The smallest absolute Gasteiger partial charge is 0.0431 e. The summed E-state index contributed by atoms with van der Waals surface area (Å²) >= 11 is 0. The summed E-state index contributed by atoms with van der Waals surface area (Å²) in [5, 5.41) is 12.2. The standard InChI is InChI=1S/C11H23NO/c1-2-10-5-6-11(9-10)12-7-3-4-8-13/h10-13H,2-9H2,1H3. The van der Waals surface area contributed by atoms with Crippen LogP contribution in [0.1, 0.15) is 45.4 Å². The van der Waals surface area contributed by atoms with E-state index in [1.165, 1.54) is 25.7 Å². The van der Waals surface area contributed by atoms with Crippen molar-refractivity contribution in [2.24, 2.45) is 5.92 Å². The average molecular weight is 185 g/mol. The van der Waals surface area contributed by atoms with Crippen LogP contribution in [0.2, 0.25) is 0 Å². The summed E-state index contributed by atoms with van der Waals surface area (Å²) < 4.78 is 0. The summed E-state index contributed by atoms with van der Waals surface area (Å²) in [7, 11) is 0. The van der Waals surface area contributed by atoms with Crippen molar-refractivity contribution in [1.82, 2.24) is 5.32 Å². The fraction of sp³-hybridized carbons (Fsp3) is 1.00. The number of aliphatic hydroxyl groups excluding tert-OH is 1. The van der Waals surface area contributed by atoms with Crippen molar-refractivity contribution in [2.75, 3.05) is 13.2 Å². The van der Waals surface area contributed by atoms with E-state index in [1.54, 1.807) is 0 Å². The Morgan fingerprint density at radius 2 is 2.15 bits per heavy atom. The molecule has 0 bridgehead atoms. The fourth-order valence-corrected chi connectivity index (χ4v) is 2.17. The topological polar surface area (TPSA) is 32.3 Å². The quantitative estimate of drug-likeness (QED) is 0.620. The van der Waals surface area contributed by atoms with Gasteiger partial charge in [-0.2, -0.15) is 0 Å². The van der Waals surface area contributed by atoms with Crippen molar-refractivity contribution in [3.63, 3.8) is 0 Å². The van der Waals surface area contributed by atoms with Crippen LogP contribution in [0.4, 0.5) is 0 Å². The largest absolute Gasteiger partial charge is 0.396 e.